The van der Waals surface area contributed by atoms with Crippen molar-refractivity contribution in [2.75, 3.05) is 25.5 Å². The van der Waals surface area contributed by atoms with E-state index in [-0.39, 0.29) is 11.4 Å². The Morgan fingerprint density at radius 1 is 1.07 bits per heavy atom. The maximum absolute atomic E-state index is 13.1. The predicted molar refractivity (Wildman–Crippen MR) is 109 cm³/mol. The highest BCUT2D eigenvalue weighted by atomic mass is 35.5. The van der Waals surface area contributed by atoms with Gasteiger partial charge < -0.3 is 14.8 Å². The number of sulfone groups is 1. The normalized spacial score (nSPS) is 20.9. The summed E-state index contributed by atoms with van der Waals surface area (Å²) in [7, 11) is -3.69. The van der Waals surface area contributed by atoms with E-state index in [2.05, 4.69) is 5.32 Å². The van der Waals surface area contributed by atoms with Gasteiger partial charge in [0.05, 0.1) is 10.6 Å². The first-order valence-corrected chi connectivity index (χ1v) is 11.3. The Morgan fingerprint density at radius 2 is 1.73 bits per heavy atom. The molecule has 2 aromatic rings. The van der Waals surface area contributed by atoms with Crippen molar-refractivity contribution in [3.05, 3.63) is 53.1 Å². The van der Waals surface area contributed by atoms with Crippen LogP contribution in [0.2, 0.25) is 5.02 Å². The Hall–Kier alpha value is -2.78. The van der Waals surface area contributed by atoms with Gasteiger partial charge in [0.1, 0.15) is 18.8 Å². The summed E-state index contributed by atoms with van der Waals surface area (Å²) >= 11 is 5.80. The second kappa shape index (κ2) is 7.48. The van der Waals surface area contributed by atoms with Gasteiger partial charge in [-0.1, -0.05) is 17.7 Å². The van der Waals surface area contributed by atoms with Crippen molar-refractivity contribution in [1.82, 2.24) is 10.2 Å². The number of urea groups is 1. The van der Waals surface area contributed by atoms with Crippen LogP contribution in [0.15, 0.2) is 47.4 Å². The van der Waals surface area contributed by atoms with Crippen LogP contribution in [0.4, 0.5) is 4.79 Å². The summed E-state index contributed by atoms with van der Waals surface area (Å²) in [6, 6.07) is 10.1. The second-order valence-corrected chi connectivity index (χ2v) is 9.69. The third-order valence-electron chi connectivity index (χ3n) is 5.15. The number of fused-ring (bicyclic) bond motifs is 1. The van der Waals surface area contributed by atoms with Gasteiger partial charge in [-0.25, -0.2) is 13.2 Å². The van der Waals surface area contributed by atoms with Crippen molar-refractivity contribution >= 4 is 33.4 Å². The average Bonchev–Trinajstić information content (AvgIpc) is 2.95. The minimum atomic E-state index is -3.69. The van der Waals surface area contributed by atoms with Crippen LogP contribution in [0, 0.1) is 0 Å². The van der Waals surface area contributed by atoms with Crippen LogP contribution in [-0.2, 0) is 20.2 Å². The van der Waals surface area contributed by atoms with Crippen LogP contribution >= 0.6 is 11.6 Å². The van der Waals surface area contributed by atoms with E-state index in [9.17, 15) is 18.0 Å². The fourth-order valence-corrected chi connectivity index (χ4v) is 4.76. The number of nitrogens with one attached hydrogen (secondary N) is 1. The molecule has 8 nitrogen and oxygen atoms in total. The Balaban J connectivity index is 1.53. The molecule has 4 rings (SSSR count). The zero-order chi connectivity index (χ0) is 21.5. The average molecular weight is 451 g/mol. The summed E-state index contributed by atoms with van der Waals surface area (Å²) in [5.41, 5.74) is -0.815. The first-order chi connectivity index (χ1) is 14.2. The first-order valence-electron chi connectivity index (χ1n) is 9.23. The number of rotatable bonds is 5. The Morgan fingerprint density at radius 3 is 2.43 bits per heavy atom. The number of imide groups is 1. The van der Waals surface area contributed by atoms with Gasteiger partial charge in [0.25, 0.3) is 5.91 Å². The smallest absolute Gasteiger partial charge is 0.325 e. The summed E-state index contributed by atoms with van der Waals surface area (Å²) in [6.45, 7) is 2.14. The molecule has 3 amide bonds. The number of hydrogen-bond donors (Lipinski definition) is 1. The molecule has 0 aromatic heterocycles. The summed E-state index contributed by atoms with van der Waals surface area (Å²) < 4.78 is 36.2. The van der Waals surface area contributed by atoms with Gasteiger partial charge in [0, 0.05) is 11.6 Å². The Kier molecular flexibility index (Phi) is 5.11. The molecular weight excluding hydrogens is 432 g/mol. The van der Waals surface area contributed by atoms with E-state index < -0.39 is 33.1 Å². The van der Waals surface area contributed by atoms with E-state index in [4.69, 9.17) is 21.1 Å². The third-order valence-corrected chi connectivity index (χ3v) is 7.11. The lowest BCUT2D eigenvalue weighted by molar-refractivity contribution is -0.130. The van der Waals surface area contributed by atoms with E-state index in [0.717, 1.165) is 4.90 Å². The molecule has 0 aliphatic carbocycles. The maximum Gasteiger partial charge on any atom is 0.325 e. The van der Waals surface area contributed by atoms with Crippen molar-refractivity contribution in [2.45, 2.75) is 17.4 Å². The van der Waals surface area contributed by atoms with Crippen LogP contribution in [0.5, 0.6) is 11.5 Å². The molecule has 2 aromatic carbocycles. The van der Waals surface area contributed by atoms with E-state index in [1.165, 1.54) is 24.3 Å². The Labute approximate surface area is 178 Å². The standard InChI is InChI=1S/C20H19ClN2O6S/c1-20(13-2-7-16-17(12-13)29-10-9-28-16)18(24)23(19(25)22-20)8-11-30(26,27)15-5-3-14(21)4-6-15/h2-7,12H,8-11H2,1H3,(H,22,25). The van der Waals surface area contributed by atoms with Gasteiger partial charge in [-0.15, -0.1) is 0 Å². The quantitative estimate of drug-likeness (QED) is 0.701. The van der Waals surface area contributed by atoms with Crippen LogP contribution < -0.4 is 14.8 Å². The van der Waals surface area contributed by atoms with Gasteiger partial charge in [-0.2, -0.15) is 0 Å². The lowest BCUT2D eigenvalue weighted by Crippen LogP contribution is -2.41. The molecule has 0 saturated carbocycles. The van der Waals surface area contributed by atoms with Gasteiger partial charge >= 0.3 is 6.03 Å². The molecule has 0 radical (unpaired) electrons. The van der Waals surface area contributed by atoms with E-state index in [1.807, 2.05) is 0 Å². The number of halogens is 1. The monoisotopic (exact) mass is 450 g/mol. The van der Waals surface area contributed by atoms with Crippen LogP contribution in [0.3, 0.4) is 0 Å². The lowest BCUT2D eigenvalue weighted by atomic mass is 9.91. The molecule has 158 valence electrons. The molecule has 2 aliphatic rings. The van der Waals surface area contributed by atoms with Gasteiger partial charge in [0.15, 0.2) is 21.3 Å². The molecule has 1 atom stereocenters. The number of amides is 3. The highest BCUT2D eigenvalue weighted by Crippen LogP contribution is 2.36. The predicted octanol–water partition coefficient (Wildman–Crippen LogP) is 2.35. The largest absolute Gasteiger partial charge is 0.486 e. The maximum atomic E-state index is 13.1. The van der Waals surface area contributed by atoms with Gasteiger partial charge in [-0.05, 0) is 48.9 Å². The Bertz CT molecular complexity index is 1120. The van der Waals surface area contributed by atoms with Crippen molar-refractivity contribution in [2.24, 2.45) is 0 Å². The molecule has 0 spiro atoms. The lowest BCUT2D eigenvalue weighted by Gasteiger charge is -2.25. The summed E-state index contributed by atoms with van der Waals surface area (Å²) in [6.07, 6.45) is 0. The van der Waals surface area contributed by atoms with E-state index in [1.54, 1.807) is 25.1 Å². The second-order valence-electron chi connectivity index (χ2n) is 7.14. The molecule has 2 heterocycles. The van der Waals surface area contributed by atoms with Crippen molar-refractivity contribution in [3.8, 4) is 11.5 Å². The fraction of sp³-hybridized carbons (Fsp3) is 0.300. The number of nitrogens with zero attached hydrogens (tertiary/aromatic N) is 1. The minimum absolute atomic E-state index is 0.0774. The molecule has 10 heteroatoms. The number of carbonyl (C=O) groups is 2. The van der Waals surface area contributed by atoms with Crippen molar-refractivity contribution < 1.29 is 27.5 Å². The summed E-state index contributed by atoms with van der Waals surface area (Å²) in [5.74, 6) is 0.128. The number of hydrogen-bond acceptors (Lipinski definition) is 6. The van der Waals surface area contributed by atoms with Crippen molar-refractivity contribution in [3.63, 3.8) is 0 Å². The zero-order valence-corrected chi connectivity index (χ0v) is 17.6. The highest BCUT2D eigenvalue weighted by Gasteiger charge is 2.49. The molecule has 1 N–H and O–H groups in total. The van der Waals surface area contributed by atoms with Gasteiger partial charge in [0.2, 0.25) is 0 Å². The molecule has 1 unspecified atom stereocenters. The number of carbonyl (C=O) groups excluding carboxylic acids is 2. The minimum Gasteiger partial charge on any atom is -0.486 e. The van der Waals surface area contributed by atoms with E-state index in [0.29, 0.717) is 35.3 Å². The molecule has 2 aliphatic heterocycles. The molecule has 1 saturated heterocycles. The summed E-state index contributed by atoms with van der Waals surface area (Å²) in [4.78, 5) is 26.5. The number of ether oxygens (including phenoxy) is 2. The van der Waals surface area contributed by atoms with Crippen LogP contribution in [-0.4, -0.2) is 50.8 Å². The molecule has 0 bridgehead atoms. The molecular formula is C20H19ClN2O6S. The topological polar surface area (TPSA) is 102 Å². The zero-order valence-electron chi connectivity index (χ0n) is 16.1. The van der Waals surface area contributed by atoms with E-state index >= 15 is 0 Å². The first kappa shape index (κ1) is 20.5. The SMILES string of the molecule is CC1(c2ccc3c(c2)OCCO3)NC(=O)N(CCS(=O)(=O)c2ccc(Cl)cc2)C1=O. The molecule has 1 fully saturated rings. The van der Waals surface area contributed by atoms with Crippen LogP contribution in [0.1, 0.15) is 12.5 Å². The van der Waals surface area contributed by atoms with Crippen molar-refractivity contribution in [1.29, 1.82) is 0 Å². The highest BCUT2D eigenvalue weighted by molar-refractivity contribution is 7.91. The van der Waals surface area contributed by atoms with Gasteiger partial charge in [-0.3, -0.25) is 9.69 Å². The molecule has 30 heavy (non-hydrogen) atoms. The fourth-order valence-electron chi connectivity index (χ4n) is 3.42. The summed E-state index contributed by atoms with van der Waals surface area (Å²) in [5, 5.41) is 3.08. The van der Waals surface area contributed by atoms with Crippen LogP contribution in [0.25, 0.3) is 0 Å². The third kappa shape index (κ3) is 3.59. The number of benzene rings is 2.